The van der Waals surface area contributed by atoms with E-state index in [0.717, 1.165) is 6.07 Å². The van der Waals surface area contributed by atoms with Gasteiger partial charge in [0.2, 0.25) is 5.88 Å². The number of aliphatic hydroxyl groups excluding tert-OH is 1. The largest absolute Gasteiger partial charge is 0.574 e. The Hall–Kier alpha value is -1.21. The van der Waals surface area contributed by atoms with Crippen molar-refractivity contribution < 1.29 is 27.8 Å². The molecule has 0 bridgehead atoms. The molecule has 1 heterocycles. The van der Waals surface area contributed by atoms with E-state index in [4.69, 9.17) is 21.4 Å². The van der Waals surface area contributed by atoms with Crippen molar-refractivity contribution in [3.8, 4) is 11.6 Å². The molecule has 0 aromatic carbocycles. The van der Waals surface area contributed by atoms with Gasteiger partial charge in [0.15, 0.2) is 0 Å². The molecule has 0 fully saturated rings. The van der Waals surface area contributed by atoms with Gasteiger partial charge in [0.25, 0.3) is 0 Å². The maximum absolute atomic E-state index is 12.0. The van der Waals surface area contributed by atoms with E-state index in [1.165, 1.54) is 7.11 Å². The van der Waals surface area contributed by atoms with E-state index in [-0.39, 0.29) is 22.9 Å². The van der Waals surface area contributed by atoms with Gasteiger partial charge in [-0.05, 0) is 0 Å². The molecule has 0 radical (unpaired) electrons. The number of aliphatic hydroxyl groups is 1. The Morgan fingerprint density at radius 3 is 2.53 bits per heavy atom. The molecule has 17 heavy (non-hydrogen) atoms. The molecule has 1 N–H and O–H groups in total. The summed E-state index contributed by atoms with van der Waals surface area (Å²) >= 11 is 5.52. The number of methoxy groups -OCH3 is 1. The van der Waals surface area contributed by atoms with Crippen molar-refractivity contribution in [2.45, 2.75) is 18.8 Å². The van der Waals surface area contributed by atoms with Gasteiger partial charge in [-0.3, -0.25) is 0 Å². The van der Waals surface area contributed by atoms with Gasteiger partial charge in [-0.2, -0.15) is 0 Å². The fourth-order valence-corrected chi connectivity index (χ4v) is 1.43. The van der Waals surface area contributed by atoms with Gasteiger partial charge in [-0.1, -0.05) is 0 Å². The van der Waals surface area contributed by atoms with E-state index in [9.17, 15) is 13.2 Å². The molecule has 96 valence electrons. The second kappa shape index (κ2) is 5.42. The molecule has 8 heteroatoms. The van der Waals surface area contributed by atoms with Gasteiger partial charge in [-0.25, -0.2) is 4.98 Å². The number of rotatable bonds is 4. The molecule has 1 aromatic heterocycles. The quantitative estimate of drug-likeness (QED) is 0.853. The van der Waals surface area contributed by atoms with Crippen LogP contribution in [0.4, 0.5) is 13.2 Å². The minimum absolute atomic E-state index is 0.0393. The lowest BCUT2D eigenvalue weighted by molar-refractivity contribution is -0.276. The predicted octanol–water partition coefficient (Wildman–Crippen LogP) is 2.22. The predicted molar refractivity (Wildman–Crippen MR) is 53.0 cm³/mol. The lowest BCUT2D eigenvalue weighted by atomic mass is 10.2. The summed E-state index contributed by atoms with van der Waals surface area (Å²) in [5, 5.41) is 9.04. The molecule has 1 rings (SSSR count). The van der Waals surface area contributed by atoms with Gasteiger partial charge in [0.05, 0.1) is 25.3 Å². The summed E-state index contributed by atoms with van der Waals surface area (Å²) in [4.78, 5) is 3.54. The van der Waals surface area contributed by atoms with Crippen molar-refractivity contribution in [1.82, 2.24) is 4.98 Å². The van der Waals surface area contributed by atoms with E-state index in [1.807, 2.05) is 0 Å². The Bertz CT molecular complexity index is 373. The van der Waals surface area contributed by atoms with E-state index in [0.29, 0.717) is 0 Å². The van der Waals surface area contributed by atoms with Crippen LogP contribution in [0.1, 0.15) is 11.3 Å². The fraction of sp³-hybridized carbons (Fsp3) is 0.444. The number of hydrogen-bond acceptors (Lipinski definition) is 4. The third-order valence-electron chi connectivity index (χ3n) is 1.87. The average molecular weight is 272 g/mol. The first-order valence-corrected chi connectivity index (χ1v) is 4.94. The topological polar surface area (TPSA) is 51.6 Å². The molecule has 0 saturated heterocycles. The molecule has 0 spiro atoms. The molecule has 0 unspecified atom stereocenters. The summed E-state index contributed by atoms with van der Waals surface area (Å²) in [6.45, 7) is -0.440. The van der Waals surface area contributed by atoms with E-state index < -0.39 is 18.8 Å². The highest BCUT2D eigenvalue weighted by Gasteiger charge is 2.32. The van der Waals surface area contributed by atoms with Crippen LogP contribution in [-0.2, 0) is 12.5 Å². The van der Waals surface area contributed by atoms with Crippen molar-refractivity contribution in [3.63, 3.8) is 0 Å². The standard InChI is InChI=1S/C9H9ClF3NO3/c1-16-7-2-8(17-9(11,12)13)14-6(3-10)5(7)4-15/h2,15H,3-4H2,1H3. The lowest BCUT2D eigenvalue weighted by Crippen LogP contribution is -2.18. The smallest absolute Gasteiger partial charge is 0.496 e. The Labute approximate surface area is 99.9 Å². The number of hydrogen-bond donors (Lipinski definition) is 1. The fourth-order valence-electron chi connectivity index (χ4n) is 1.21. The summed E-state index contributed by atoms with van der Waals surface area (Å²) in [6.07, 6.45) is -4.84. The summed E-state index contributed by atoms with van der Waals surface area (Å²) < 4.78 is 44.5. The highest BCUT2D eigenvalue weighted by molar-refractivity contribution is 6.17. The molecule has 0 aliphatic rings. The number of aromatic nitrogens is 1. The molecule has 0 saturated carbocycles. The zero-order chi connectivity index (χ0) is 13.1. The molecule has 1 aromatic rings. The number of halogens is 4. The Morgan fingerprint density at radius 1 is 1.47 bits per heavy atom. The van der Waals surface area contributed by atoms with Crippen LogP contribution in [0.5, 0.6) is 11.6 Å². The lowest BCUT2D eigenvalue weighted by Gasteiger charge is -2.13. The first-order chi connectivity index (χ1) is 7.91. The van der Waals surface area contributed by atoms with Gasteiger partial charge < -0.3 is 14.6 Å². The van der Waals surface area contributed by atoms with Crippen LogP contribution < -0.4 is 9.47 Å². The Kier molecular flexibility index (Phi) is 4.41. The van der Waals surface area contributed by atoms with Gasteiger partial charge >= 0.3 is 6.36 Å². The maximum Gasteiger partial charge on any atom is 0.574 e. The van der Waals surface area contributed by atoms with Crippen molar-refractivity contribution in [3.05, 3.63) is 17.3 Å². The van der Waals surface area contributed by atoms with Crippen LogP contribution in [0.15, 0.2) is 6.07 Å². The third-order valence-corrected chi connectivity index (χ3v) is 2.12. The Morgan fingerprint density at radius 2 is 2.12 bits per heavy atom. The SMILES string of the molecule is COc1cc(OC(F)(F)F)nc(CCl)c1CO. The molecule has 0 aliphatic heterocycles. The average Bonchev–Trinajstić information content (AvgIpc) is 2.25. The molecule has 0 atom stereocenters. The molecule has 0 amide bonds. The number of ether oxygens (including phenoxy) is 2. The highest BCUT2D eigenvalue weighted by atomic mass is 35.5. The Balaban J connectivity index is 3.18. The van der Waals surface area contributed by atoms with Crippen LogP contribution in [0.2, 0.25) is 0 Å². The zero-order valence-corrected chi connectivity index (χ0v) is 9.47. The number of nitrogens with zero attached hydrogens (tertiary/aromatic N) is 1. The molecular formula is C9H9ClF3NO3. The first kappa shape index (κ1) is 13.9. The monoisotopic (exact) mass is 271 g/mol. The number of pyridine rings is 1. The van der Waals surface area contributed by atoms with E-state index >= 15 is 0 Å². The van der Waals surface area contributed by atoms with Crippen LogP contribution in [0.3, 0.4) is 0 Å². The van der Waals surface area contributed by atoms with Gasteiger partial charge in [-0.15, -0.1) is 24.8 Å². The van der Waals surface area contributed by atoms with E-state index in [2.05, 4.69) is 9.72 Å². The second-order valence-electron chi connectivity index (χ2n) is 2.93. The highest BCUT2D eigenvalue weighted by Crippen LogP contribution is 2.29. The van der Waals surface area contributed by atoms with Crippen molar-refractivity contribution in [2.75, 3.05) is 7.11 Å². The second-order valence-corrected chi connectivity index (χ2v) is 3.19. The molecule has 4 nitrogen and oxygen atoms in total. The zero-order valence-electron chi connectivity index (χ0n) is 8.71. The van der Waals surface area contributed by atoms with Gasteiger partial charge in [0.1, 0.15) is 5.75 Å². The van der Waals surface area contributed by atoms with Crippen molar-refractivity contribution in [1.29, 1.82) is 0 Å². The summed E-state index contributed by atoms with van der Waals surface area (Å²) in [5.41, 5.74) is 0.310. The van der Waals surface area contributed by atoms with Crippen molar-refractivity contribution in [2.24, 2.45) is 0 Å². The van der Waals surface area contributed by atoms with E-state index in [1.54, 1.807) is 0 Å². The van der Waals surface area contributed by atoms with Crippen LogP contribution in [0, 0.1) is 0 Å². The number of alkyl halides is 4. The van der Waals surface area contributed by atoms with Crippen molar-refractivity contribution >= 4 is 11.6 Å². The van der Waals surface area contributed by atoms with Crippen LogP contribution in [-0.4, -0.2) is 23.6 Å². The molecule has 0 aliphatic carbocycles. The summed E-state index contributed by atoms with van der Waals surface area (Å²) in [6, 6.07) is 0.940. The normalized spacial score (nSPS) is 11.4. The van der Waals surface area contributed by atoms with Gasteiger partial charge in [0, 0.05) is 11.6 Å². The first-order valence-electron chi connectivity index (χ1n) is 4.40. The van der Waals surface area contributed by atoms with Crippen LogP contribution in [0.25, 0.3) is 0 Å². The summed E-state index contributed by atoms with van der Waals surface area (Å²) in [5.74, 6) is -0.805. The summed E-state index contributed by atoms with van der Waals surface area (Å²) in [7, 11) is 1.25. The van der Waals surface area contributed by atoms with Crippen LogP contribution >= 0.6 is 11.6 Å². The maximum atomic E-state index is 12.0. The third kappa shape index (κ3) is 3.64. The molecular weight excluding hydrogens is 263 g/mol. The minimum atomic E-state index is -4.84. The minimum Gasteiger partial charge on any atom is -0.496 e.